The van der Waals surface area contributed by atoms with Crippen LogP contribution < -0.4 is 5.73 Å². The number of likely N-dealkylation sites (tertiary alicyclic amines) is 1. The van der Waals surface area contributed by atoms with Crippen LogP contribution in [0.4, 0.5) is 14.6 Å². The van der Waals surface area contributed by atoms with E-state index in [1.165, 1.54) is 6.20 Å². The van der Waals surface area contributed by atoms with Crippen molar-refractivity contribution in [3.8, 4) is 0 Å². The van der Waals surface area contributed by atoms with Crippen LogP contribution in [0.3, 0.4) is 0 Å². The molecule has 142 valence electrons. The van der Waals surface area contributed by atoms with Crippen LogP contribution in [-0.4, -0.2) is 34.2 Å². The minimum Gasteiger partial charge on any atom is -0.384 e. The molecule has 2 amide bonds. The van der Waals surface area contributed by atoms with Gasteiger partial charge in [0.05, 0.1) is 5.92 Å². The molecule has 7 heteroatoms. The predicted octanol–water partition coefficient (Wildman–Crippen LogP) is 3.02. The number of pyridine rings is 1. The molecule has 0 unspecified atom stereocenters. The quantitative estimate of drug-likeness (QED) is 0.790. The fourth-order valence-corrected chi connectivity index (χ4v) is 3.49. The van der Waals surface area contributed by atoms with E-state index in [2.05, 4.69) is 4.98 Å². The minimum absolute atomic E-state index is 0.00784. The summed E-state index contributed by atoms with van der Waals surface area (Å²) in [5.41, 5.74) is 7.18. The van der Waals surface area contributed by atoms with E-state index in [0.717, 1.165) is 10.5 Å². The zero-order valence-electron chi connectivity index (χ0n) is 14.9. The topological polar surface area (TPSA) is 76.3 Å². The van der Waals surface area contributed by atoms with Gasteiger partial charge in [0.1, 0.15) is 11.9 Å². The molecule has 0 aliphatic carbocycles. The smallest absolute Gasteiger partial charge is 0.260 e. The Balaban J connectivity index is 1.70. The van der Waals surface area contributed by atoms with Crippen molar-refractivity contribution in [1.29, 1.82) is 0 Å². The summed E-state index contributed by atoms with van der Waals surface area (Å²) in [6, 6.07) is 11.1. The second-order valence-electron chi connectivity index (χ2n) is 6.84. The molecule has 1 aromatic carbocycles. The highest BCUT2D eigenvalue weighted by Gasteiger charge is 2.54. The number of halogens is 2. The molecular formula is C20H21F2N3O2. The fourth-order valence-electron chi connectivity index (χ4n) is 3.49. The Hall–Kier alpha value is -2.83. The number of nitrogens with two attached hydrogens (primary N) is 1. The van der Waals surface area contributed by atoms with E-state index >= 15 is 0 Å². The van der Waals surface area contributed by atoms with Gasteiger partial charge in [-0.2, -0.15) is 0 Å². The Morgan fingerprint density at radius 1 is 1.26 bits per heavy atom. The molecule has 1 saturated heterocycles. The molecule has 3 rings (SSSR count). The molecule has 0 spiro atoms. The molecule has 3 atom stereocenters. The molecule has 2 aromatic rings. The number of alkyl halides is 2. The number of aromatic nitrogens is 1. The van der Waals surface area contributed by atoms with Gasteiger partial charge in [-0.3, -0.25) is 14.5 Å². The molecule has 5 nitrogen and oxygen atoms in total. The number of rotatable bonds is 6. The van der Waals surface area contributed by atoms with Gasteiger partial charge >= 0.3 is 0 Å². The van der Waals surface area contributed by atoms with Crippen molar-refractivity contribution in [2.24, 2.45) is 5.92 Å². The van der Waals surface area contributed by atoms with Crippen LogP contribution in [-0.2, 0) is 16.0 Å². The van der Waals surface area contributed by atoms with Crippen molar-refractivity contribution < 1.29 is 18.4 Å². The lowest BCUT2D eigenvalue weighted by atomic mass is 9.81. The van der Waals surface area contributed by atoms with Gasteiger partial charge in [-0.25, -0.2) is 13.8 Å². The summed E-state index contributed by atoms with van der Waals surface area (Å²) in [7, 11) is 0. The summed E-state index contributed by atoms with van der Waals surface area (Å²) in [6.45, 7) is 1.84. The Morgan fingerprint density at radius 2 is 1.96 bits per heavy atom. The Kier molecular flexibility index (Phi) is 5.48. The number of benzene rings is 1. The normalized spacial score (nSPS) is 20.4. The summed E-state index contributed by atoms with van der Waals surface area (Å²) in [6.07, 6.45) is -1.20. The van der Waals surface area contributed by atoms with Crippen molar-refractivity contribution in [2.45, 2.75) is 38.2 Å². The van der Waals surface area contributed by atoms with E-state index in [-0.39, 0.29) is 24.6 Å². The highest BCUT2D eigenvalue weighted by Crippen LogP contribution is 2.36. The first kappa shape index (κ1) is 18.9. The molecule has 0 bridgehead atoms. The van der Waals surface area contributed by atoms with E-state index in [9.17, 15) is 18.4 Å². The van der Waals surface area contributed by atoms with Crippen LogP contribution in [0.5, 0.6) is 0 Å². The second kappa shape index (κ2) is 7.82. The number of carbonyl (C=O) groups is 2. The molecule has 1 aromatic heterocycles. The zero-order valence-corrected chi connectivity index (χ0v) is 14.9. The number of carbonyl (C=O) groups excluding carboxylic acids is 2. The number of nitrogen functional groups attached to an aromatic ring is 1. The van der Waals surface area contributed by atoms with Gasteiger partial charge in [0.25, 0.3) is 6.43 Å². The van der Waals surface area contributed by atoms with Crippen LogP contribution in [0.15, 0.2) is 48.7 Å². The SMILES string of the molecule is C[C@@H](CC(=O)N1C(=O)[C@H](Cc2ccnc(N)c2)[C@H]1C(F)F)c1ccccc1. The van der Waals surface area contributed by atoms with Crippen molar-refractivity contribution >= 4 is 17.6 Å². The number of imide groups is 1. The second-order valence-corrected chi connectivity index (χ2v) is 6.84. The molecule has 1 fully saturated rings. The van der Waals surface area contributed by atoms with Gasteiger partial charge in [0, 0.05) is 12.6 Å². The fraction of sp³-hybridized carbons (Fsp3) is 0.350. The largest absolute Gasteiger partial charge is 0.384 e. The number of amides is 2. The highest BCUT2D eigenvalue weighted by atomic mass is 19.3. The maximum absolute atomic E-state index is 13.6. The van der Waals surface area contributed by atoms with Gasteiger partial charge in [-0.15, -0.1) is 0 Å². The molecule has 1 aliphatic heterocycles. The molecule has 0 saturated carbocycles. The zero-order chi connectivity index (χ0) is 19.6. The summed E-state index contributed by atoms with van der Waals surface area (Å²) in [5.74, 6) is -1.95. The van der Waals surface area contributed by atoms with Gasteiger partial charge in [-0.1, -0.05) is 37.3 Å². The van der Waals surface area contributed by atoms with Crippen molar-refractivity contribution in [3.05, 3.63) is 59.8 Å². The van der Waals surface area contributed by atoms with Crippen LogP contribution in [0.1, 0.15) is 30.4 Å². The average molecular weight is 373 g/mol. The van der Waals surface area contributed by atoms with Crippen LogP contribution >= 0.6 is 0 Å². The first-order valence-corrected chi connectivity index (χ1v) is 8.78. The number of nitrogens with zero attached hydrogens (tertiary/aromatic N) is 2. The molecular weight excluding hydrogens is 352 g/mol. The molecule has 1 aliphatic rings. The summed E-state index contributed by atoms with van der Waals surface area (Å²) in [4.78, 5) is 29.6. The lowest BCUT2D eigenvalue weighted by Crippen LogP contribution is -2.66. The van der Waals surface area contributed by atoms with Gasteiger partial charge in [-0.05, 0) is 35.6 Å². The summed E-state index contributed by atoms with van der Waals surface area (Å²) >= 11 is 0. The third kappa shape index (κ3) is 3.97. The Labute approximate surface area is 156 Å². The maximum atomic E-state index is 13.6. The van der Waals surface area contributed by atoms with Crippen molar-refractivity contribution in [3.63, 3.8) is 0 Å². The summed E-state index contributed by atoms with van der Waals surface area (Å²) in [5, 5.41) is 0. The van der Waals surface area contributed by atoms with E-state index < -0.39 is 30.2 Å². The van der Waals surface area contributed by atoms with Crippen LogP contribution in [0, 0.1) is 5.92 Å². The van der Waals surface area contributed by atoms with Crippen LogP contribution in [0.25, 0.3) is 0 Å². The lowest BCUT2D eigenvalue weighted by Gasteiger charge is -2.45. The van der Waals surface area contributed by atoms with E-state index in [4.69, 9.17) is 5.73 Å². The minimum atomic E-state index is -2.79. The predicted molar refractivity (Wildman–Crippen MR) is 97.0 cm³/mol. The Bertz CT molecular complexity index is 829. The summed E-state index contributed by atoms with van der Waals surface area (Å²) < 4.78 is 27.1. The number of anilines is 1. The van der Waals surface area contributed by atoms with Gasteiger partial charge in [0.2, 0.25) is 11.8 Å². The highest BCUT2D eigenvalue weighted by molar-refractivity contribution is 6.02. The molecule has 27 heavy (non-hydrogen) atoms. The molecule has 2 N–H and O–H groups in total. The average Bonchev–Trinajstić information content (AvgIpc) is 2.64. The van der Waals surface area contributed by atoms with E-state index in [0.29, 0.717) is 5.56 Å². The van der Waals surface area contributed by atoms with Crippen LogP contribution in [0.2, 0.25) is 0 Å². The monoisotopic (exact) mass is 373 g/mol. The number of hydrogen-bond donors (Lipinski definition) is 1. The van der Waals surface area contributed by atoms with Crippen molar-refractivity contribution in [1.82, 2.24) is 9.88 Å². The van der Waals surface area contributed by atoms with Crippen molar-refractivity contribution in [2.75, 3.05) is 5.73 Å². The number of hydrogen-bond acceptors (Lipinski definition) is 4. The van der Waals surface area contributed by atoms with E-state index in [1.54, 1.807) is 12.1 Å². The lowest BCUT2D eigenvalue weighted by molar-refractivity contribution is -0.176. The third-order valence-electron chi connectivity index (χ3n) is 4.94. The third-order valence-corrected chi connectivity index (χ3v) is 4.94. The van der Waals surface area contributed by atoms with E-state index in [1.807, 2.05) is 37.3 Å². The van der Waals surface area contributed by atoms with Gasteiger partial charge < -0.3 is 5.73 Å². The Morgan fingerprint density at radius 3 is 2.59 bits per heavy atom. The number of β-lactam (4-membered cyclic amide) rings is 1. The maximum Gasteiger partial charge on any atom is 0.260 e. The molecule has 2 heterocycles. The molecule has 0 radical (unpaired) electrons. The first-order valence-electron chi connectivity index (χ1n) is 8.78. The van der Waals surface area contributed by atoms with Gasteiger partial charge in [0.15, 0.2) is 0 Å². The standard InChI is InChI=1S/C20H21F2N3O2/c1-12(14-5-3-2-4-6-14)9-17(26)25-18(19(21)22)15(20(25)27)10-13-7-8-24-16(23)11-13/h2-8,11-12,15,18-19H,9-10H2,1H3,(H2,23,24)/t12-,15+,18-/m0/s1. The first-order chi connectivity index (χ1) is 12.9.